The van der Waals surface area contributed by atoms with Crippen LogP contribution in [0.15, 0.2) is 0 Å². The quantitative estimate of drug-likeness (QED) is 0.787. The number of carboxylic acids is 1. The molecular weight excluding hydrogens is 277 g/mol. The topological polar surface area (TPSA) is 69.6 Å². The van der Waals surface area contributed by atoms with E-state index in [0.29, 0.717) is 12.8 Å². The molecule has 114 valence electrons. The van der Waals surface area contributed by atoms with Gasteiger partial charge in [0.1, 0.15) is 6.54 Å². The minimum atomic E-state index is -4.44. The molecule has 0 radical (unpaired) electrons. The average molecular weight is 294 g/mol. The minimum Gasteiger partial charge on any atom is -0.481 e. The van der Waals surface area contributed by atoms with Crippen molar-refractivity contribution in [3.8, 4) is 0 Å². The summed E-state index contributed by atoms with van der Waals surface area (Å²) < 4.78 is 37.4. The molecule has 0 aromatic heterocycles. The Morgan fingerprint density at radius 3 is 2.25 bits per heavy atom. The van der Waals surface area contributed by atoms with Gasteiger partial charge in [-0.05, 0) is 31.6 Å². The number of halogens is 3. The van der Waals surface area contributed by atoms with E-state index in [9.17, 15) is 22.8 Å². The van der Waals surface area contributed by atoms with Gasteiger partial charge in [0, 0.05) is 12.1 Å². The predicted molar refractivity (Wildman–Crippen MR) is 63.1 cm³/mol. The van der Waals surface area contributed by atoms with Gasteiger partial charge >= 0.3 is 18.2 Å². The molecule has 5 nitrogen and oxygen atoms in total. The number of hydrogen-bond donors (Lipinski definition) is 2. The maximum absolute atomic E-state index is 12.5. The van der Waals surface area contributed by atoms with E-state index in [0.717, 1.165) is 17.7 Å². The third-order valence-electron chi connectivity index (χ3n) is 3.49. The van der Waals surface area contributed by atoms with Crippen LogP contribution in [0.1, 0.15) is 32.1 Å². The van der Waals surface area contributed by atoms with Crippen molar-refractivity contribution >= 4 is 12.0 Å². The Kier molecular flexibility index (Phi) is 4.10. The van der Waals surface area contributed by atoms with Crippen LogP contribution in [-0.2, 0) is 4.79 Å². The molecule has 2 aliphatic carbocycles. The fraction of sp³-hybridized carbons (Fsp3) is 0.833. The second-order valence-electron chi connectivity index (χ2n) is 5.47. The SMILES string of the molecule is O=C(O)CC(NC(=O)N(CC(F)(F)F)C1CC1)C1CC1. The summed E-state index contributed by atoms with van der Waals surface area (Å²) in [7, 11) is 0. The number of carbonyl (C=O) groups excluding carboxylic acids is 1. The van der Waals surface area contributed by atoms with Gasteiger partial charge < -0.3 is 15.3 Å². The third kappa shape index (κ3) is 4.57. The highest BCUT2D eigenvalue weighted by atomic mass is 19.4. The molecule has 2 amide bonds. The van der Waals surface area contributed by atoms with Gasteiger partial charge in [-0.2, -0.15) is 13.2 Å². The Bertz CT molecular complexity index is 392. The Labute approximate surface area is 114 Å². The van der Waals surface area contributed by atoms with E-state index < -0.39 is 30.8 Å². The van der Waals surface area contributed by atoms with Gasteiger partial charge in [0.2, 0.25) is 0 Å². The highest BCUT2D eigenvalue weighted by molar-refractivity contribution is 5.76. The van der Waals surface area contributed by atoms with E-state index in [1.807, 2.05) is 0 Å². The Balaban J connectivity index is 1.94. The number of hydrogen-bond acceptors (Lipinski definition) is 2. The monoisotopic (exact) mass is 294 g/mol. The number of nitrogens with one attached hydrogen (secondary N) is 1. The molecule has 0 heterocycles. The van der Waals surface area contributed by atoms with Crippen molar-refractivity contribution in [1.29, 1.82) is 0 Å². The molecule has 1 unspecified atom stereocenters. The van der Waals surface area contributed by atoms with Gasteiger partial charge in [-0.1, -0.05) is 0 Å². The zero-order chi connectivity index (χ0) is 14.9. The number of urea groups is 1. The van der Waals surface area contributed by atoms with Crippen LogP contribution in [0.3, 0.4) is 0 Å². The van der Waals surface area contributed by atoms with Crippen molar-refractivity contribution in [1.82, 2.24) is 10.2 Å². The summed E-state index contributed by atoms with van der Waals surface area (Å²) >= 11 is 0. The first-order valence-electron chi connectivity index (χ1n) is 6.62. The largest absolute Gasteiger partial charge is 0.481 e. The lowest BCUT2D eigenvalue weighted by Gasteiger charge is -2.26. The smallest absolute Gasteiger partial charge is 0.406 e. The van der Waals surface area contributed by atoms with E-state index in [4.69, 9.17) is 5.11 Å². The molecule has 0 saturated heterocycles. The summed E-state index contributed by atoms with van der Waals surface area (Å²) in [5.41, 5.74) is 0. The molecule has 2 aliphatic rings. The van der Waals surface area contributed by atoms with Gasteiger partial charge in [0.05, 0.1) is 6.42 Å². The highest BCUT2D eigenvalue weighted by Gasteiger charge is 2.42. The molecule has 0 bridgehead atoms. The van der Waals surface area contributed by atoms with Crippen molar-refractivity contribution in [2.24, 2.45) is 5.92 Å². The molecule has 0 aromatic rings. The van der Waals surface area contributed by atoms with Gasteiger partial charge in [-0.25, -0.2) is 4.79 Å². The lowest BCUT2D eigenvalue weighted by molar-refractivity contribution is -0.141. The van der Waals surface area contributed by atoms with Gasteiger partial charge in [-0.3, -0.25) is 4.79 Å². The molecule has 2 rings (SSSR count). The van der Waals surface area contributed by atoms with Crippen molar-refractivity contribution in [3.63, 3.8) is 0 Å². The molecule has 2 fully saturated rings. The molecule has 20 heavy (non-hydrogen) atoms. The number of nitrogens with zero attached hydrogens (tertiary/aromatic N) is 1. The highest BCUT2D eigenvalue weighted by Crippen LogP contribution is 2.35. The first-order valence-corrected chi connectivity index (χ1v) is 6.62. The molecule has 2 N–H and O–H groups in total. The second-order valence-corrected chi connectivity index (χ2v) is 5.47. The van der Waals surface area contributed by atoms with E-state index in [2.05, 4.69) is 5.32 Å². The first kappa shape index (κ1) is 14.9. The van der Waals surface area contributed by atoms with Crippen LogP contribution in [0.5, 0.6) is 0 Å². The summed E-state index contributed by atoms with van der Waals surface area (Å²) in [6.45, 7) is -1.28. The maximum Gasteiger partial charge on any atom is 0.406 e. The van der Waals surface area contributed by atoms with Crippen LogP contribution in [0, 0.1) is 5.92 Å². The number of carboxylic acid groups (broad SMARTS) is 1. The van der Waals surface area contributed by atoms with Crippen LogP contribution in [0.25, 0.3) is 0 Å². The maximum atomic E-state index is 12.5. The van der Waals surface area contributed by atoms with E-state index >= 15 is 0 Å². The zero-order valence-corrected chi connectivity index (χ0v) is 10.8. The molecular formula is C12H17F3N2O3. The normalized spacial score (nSPS) is 20.4. The Morgan fingerprint density at radius 2 is 1.85 bits per heavy atom. The number of amides is 2. The van der Waals surface area contributed by atoms with Gasteiger partial charge in [0.15, 0.2) is 0 Å². The van der Waals surface area contributed by atoms with Crippen LogP contribution in [-0.4, -0.2) is 46.8 Å². The van der Waals surface area contributed by atoms with E-state index in [1.165, 1.54) is 0 Å². The van der Waals surface area contributed by atoms with E-state index in [1.54, 1.807) is 0 Å². The summed E-state index contributed by atoms with van der Waals surface area (Å²) in [6, 6.07) is -1.75. The molecule has 8 heteroatoms. The minimum absolute atomic E-state index is 0.0713. The summed E-state index contributed by atoms with van der Waals surface area (Å²) in [5, 5.41) is 11.2. The van der Waals surface area contributed by atoms with Crippen molar-refractivity contribution in [2.45, 2.75) is 50.4 Å². The fourth-order valence-corrected chi connectivity index (χ4v) is 2.21. The van der Waals surface area contributed by atoms with Crippen molar-refractivity contribution in [2.75, 3.05) is 6.54 Å². The van der Waals surface area contributed by atoms with Gasteiger partial charge in [0.25, 0.3) is 0 Å². The first-order chi connectivity index (χ1) is 9.26. The average Bonchev–Trinajstić information content (AvgIpc) is 3.13. The van der Waals surface area contributed by atoms with Gasteiger partial charge in [-0.15, -0.1) is 0 Å². The Morgan fingerprint density at radius 1 is 1.25 bits per heavy atom. The molecule has 0 aromatic carbocycles. The number of carbonyl (C=O) groups is 2. The fourth-order valence-electron chi connectivity index (χ4n) is 2.21. The third-order valence-corrected chi connectivity index (χ3v) is 3.49. The number of rotatable bonds is 6. The second kappa shape index (κ2) is 5.49. The number of alkyl halides is 3. The van der Waals surface area contributed by atoms with E-state index in [-0.39, 0.29) is 18.4 Å². The lowest BCUT2D eigenvalue weighted by atomic mass is 10.1. The van der Waals surface area contributed by atoms with Crippen LogP contribution in [0.2, 0.25) is 0 Å². The number of aliphatic carboxylic acids is 1. The van der Waals surface area contributed by atoms with Crippen molar-refractivity contribution < 1.29 is 27.9 Å². The Hall–Kier alpha value is -1.47. The summed E-state index contributed by atoms with van der Waals surface area (Å²) in [4.78, 5) is 23.4. The van der Waals surface area contributed by atoms with Crippen molar-refractivity contribution in [3.05, 3.63) is 0 Å². The van der Waals surface area contributed by atoms with Crippen LogP contribution >= 0.6 is 0 Å². The summed E-state index contributed by atoms with van der Waals surface area (Å²) in [6.07, 6.45) is -1.95. The molecule has 0 spiro atoms. The molecule has 1 atom stereocenters. The lowest BCUT2D eigenvalue weighted by Crippen LogP contribution is -2.50. The summed E-state index contributed by atoms with van der Waals surface area (Å²) in [5.74, 6) is -0.988. The zero-order valence-electron chi connectivity index (χ0n) is 10.8. The predicted octanol–water partition coefficient (Wildman–Crippen LogP) is 1.98. The molecule has 2 saturated carbocycles. The molecule has 0 aliphatic heterocycles. The van der Waals surface area contributed by atoms with Crippen LogP contribution < -0.4 is 5.32 Å². The standard InChI is InChI=1S/C12H17F3N2O3/c13-12(14,15)6-17(8-3-4-8)11(20)16-9(5-10(18)19)7-1-2-7/h7-9H,1-6H2,(H,16,20)(H,18,19). The van der Waals surface area contributed by atoms with Crippen LogP contribution in [0.4, 0.5) is 18.0 Å².